The summed E-state index contributed by atoms with van der Waals surface area (Å²) >= 11 is 0. The van der Waals surface area contributed by atoms with E-state index >= 15 is 0 Å². The summed E-state index contributed by atoms with van der Waals surface area (Å²) in [6.07, 6.45) is 1.49. The van der Waals surface area contributed by atoms with Crippen LogP contribution < -0.4 is 16.6 Å². The Morgan fingerprint density at radius 3 is 2.71 bits per heavy atom. The molecule has 0 saturated carbocycles. The molecule has 14 heavy (non-hydrogen) atoms. The predicted octanol–water partition coefficient (Wildman–Crippen LogP) is -0.553. The van der Waals surface area contributed by atoms with E-state index < -0.39 is 11.8 Å². The minimum absolute atomic E-state index is 0.366. The van der Waals surface area contributed by atoms with Crippen molar-refractivity contribution in [2.24, 2.45) is 5.84 Å². The monoisotopic (exact) mass is 197 g/mol. The Labute approximate surface area is 80.4 Å². The van der Waals surface area contributed by atoms with E-state index in [4.69, 9.17) is 10.3 Å². The van der Waals surface area contributed by atoms with Crippen LogP contribution in [0.5, 0.6) is 0 Å². The molecule has 0 radical (unpaired) electrons. The first kappa shape index (κ1) is 10.3. The van der Waals surface area contributed by atoms with Gasteiger partial charge in [0.05, 0.1) is 12.3 Å². The third kappa shape index (κ3) is 2.33. The molecular formula is C8H11N3O3. The standard InChI is InChI=1S/C8H11N3O3/c1-5(6-3-2-4-14-6)10-7(12)8(13)11-9/h2-5H,9H2,1H3,(H,10,12)(H,11,13). The van der Waals surface area contributed by atoms with Crippen molar-refractivity contribution in [2.45, 2.75) is 13.0 Å². The lowest BCUT2D eigenvalue weighted by Crippen LogP contribution is -2.43. The van der Waals surface area contributed by atoms with Crippen LogP contribution in [0.3, 0.4) is 0 Å². The van der Waals surface area contributed by atoms with Gasteiger partial charge in [0.25, 0.3) is 0 Å². The summed E-state index contributed by atoms with van der Waals surface area (Å²) in [4.78, 5) is 21.8. The summed E-state index contributed by atoms with van der Waals surface area (Å²) < 4.78 is 5.03. The number of amides is 2. The highest BCUT2D eigenvalue weighted by atomic mass is 16.3. The van der Waals surface area contributed by atoms with Crippen LogP contribution in [0.2, 0.25) is 0 Å². The van der Waals surface area contributed by atoms with Crippen molar-refractivity contribution in [2.75, 3.05) is 0 Å². The van der Waals surface area contributed by atoms with Gasteiger partial charge in [0.1, 0.15) is 5.76 Å². The Morgan fingerprint density at radius 1 is 1.50 bits per heavy atom. The number of nitrogens with two attached hydrogens (primary N) is 1. The molecule has 0 aliphatic heterocycles. The number of hydrazine groups is 1. The second kappa shape index (κ2) is 4.43. The number of hydrogen-bond donors (Lipinski definition) is 3. The van der Waals surface area contributed by atoms with E-state index in [0.29, 0.717) is 5.76 Å². The number of nitrogens with one attached hydrogen (secondary N) is 2. The summed E-state index contributed by atoms with van der Waals surface area (Å²) in [5.74, 6) is 3.68. The summed E-state index contributed by atoms with van der Waals surface area (Å²) in [6.45, 7) is 1.69. The predicted molar refractivity (Wildman–Crippen MR) is 47.6 cm³/mol. The van der Waals surface area contributed by atoms with Crippen molar-refractivity contribution >= 4 is 11.8 Å². The van der Waals surface area contributed by atoms with Crippen molar-refractivity contribution in [3.63, 3.8) is 0 Å². The fraction of sp³-hybridized carbons (Fsp3) is 0.250. The summed E-state index contributed by atoms with van der Waals surface area (Å²) in [5.41, 5.74) is 1.73. The van der Waals surface area contributed by atoms with E-state index in [-0.39, 0.29) is 6.04 Å². The quantitative estimate of drug-likeness (QED) is 0.256. The molecule has 4 N–H and O–H groups in total. The van der Waals surface area contributed by atoms with Crippen molar-refractivity contribution < 1.29 is 14.0 Å². The molecular weight excluding hydrogens is 186 g/mol. The highest BCUT2D eigenvalue weighted by molar-refractivity contribution is 6.34. The number of rotatable bonds is 2. The zero-order valence-corrected chi connectivity index (χ0v) is 7.61. The van der Waals surface area contributed by atoms with Gasteiger partial charge in [0, 0.05) is 0 Å². The molecule has 6 heteroatoms. The van der Waals surface area contributed by atoms with Crippen LogP contribution in [-0.2, 0) is 9.59 Å². The van der Waals surface area contributed by atoms with Gasteiger partial charge in [0.2, 0.25) is 0 Å². The third-order valence-corrected chi connectivity index (χ3v) is 1.65. The lowest BCUT2D eigenvalue weighted by atomic mass is 10.2. The molecule has 0 aromatic carbocycles. The number of carbonyl (C=O) groups excluding carboxylic acids is 2. The van der Waals surface area contributed by atoms with Crippen molar-refractivity contribution in [3.8, 4) is 0 Å². The third-order valence-electron chi connectivity index (χ3n) is 1.65. The molecule has 0 aliphatic carbocycles. The van der Waals surface area contributed by atoms with Crippen LogP contribution in [0, 0.1) is 0 Å². The average molecular weight is 197 g/mol. The molecule has 0 fully saturated rings. The second-order valence-corrected chi connectivity index (χ2v) is 2.68. The Balaban J connectivity index is 2.53. The molecule has 0 aliphatic rings. The van der Waals surface area contributed by atoms with Crippen molar-refractivity contribution in [3.05, 3.63) is 24.2 Å². The van der Waals surface area contributed by atoms with Crippen LogP contribution in [0.15, 0.2) is 22.8 Å². The highest BCUT2D eigenvalue weighted by Gasteiger charge is 2.16. The van der Waals surface area contributed by atoms with Crippen molar-refractivity contribution in [1.29, 1.82) is 0 Å². The van der Waals surface area contributed by atoms with Gasteiger partial charge in [-0.05, 0) is 19.1 Å². The SMILES string of the molecule is CC(NC(=O)C(=O)NN)c1ccco1. The fourth-order valence-corrected chi connectivity index (χ4v) is 0.937. The first-order valence-electron chi connectivity index (χ1n) is 4.00. The lowest BCUT2D eigenvalue weighted by molar-refractivity contribution is -0.139. The number of hydrogen-bond acceptors (Lipinski definition) is 4. The van der Waals surface area contributed by atoms with Crippen LogP contribution in [0.25, 0.3) is 0 Å². The Kier molecular flexibility index (Phi) is 3.24. The van der Waals surface area contributed by atoms with Gasteiger partial charge >= 0.3 is 11.8 Å². The molecule has 0 spiro atoms. The summed E-state index contributed by atoms with van der Waals surface area (Å²) in [7, 11) is 0. The first-order valence-corrected chi connectivity index (χ1v) is 4.00. The Hall–Kier alpha value is -1.82. The van der Waals surface area contributed by atoms with Gasteiger partial charge in [-0.25, -0.2) is 5.84 Å². The Bertz CT molecular complexity index is 321. The van der Waals surface area contributed by atoms with Gasteiger partial charge in [-0.2, -0.15) is 0 Å². The normalized spacial score (nSPS) is 11.9. The fourth-order valence-electron chi connectivity index (χ4n) is 0.937. The minimum atomic E-state index is -0.886. The molecule has 0 bridgehead atoms. The molecule has 1 atom stereocenters. The molecule has 6 nitrogen and oxygen atoms in total. The topological polar surface area (TPSA) is 97.4 Å². The van der Waals surface area contributed by atoms with Gasteiger partial charge in [-0.3, -0.25) is 15.0 Å². The van der Waals surface area contributed by atoms with Crippen LogP contribution in [0.4, 0.5) is 0 Å². The second-order valence-electron chi connectivity index (χ2n) is 2.68. The van der Waals surface area contributed by atoms with E-state index in [2.05, 4.69) is 5.32 Å². The number of furan rings is 1. The summed E-state index contributed by atoms with van der Waals surface area (Å²) in [5, 5.41) is 2.41. The molecule has 1 aromatic rings. The lowest BCUT2D eigenvalue weighted by Gasteiger charge is -2.09. The maximum absolute atomic E-state index is 11.0. The van der Waals surface area contributed by atoms with Crippen LogP contribution in [-0.4, -0.2) is 11.8 Å². The maximum atomic E-state index is 11.0. The average Bonchev–Trinajstić information content (AvgIpc) is 2.69. The minimum Gasteiger partial charge on any atom is -0.467 e. The molecule has 0 saturated heterocycles. The van der Waals surface area contributed by atoms with E-state index in [1.165, 1.54) is 6.26 Å². The first-order chi connectivity index (χ1) is 6.65. The van der Waals surface area contributed by atoms with Gasteiger partial charge in [-0.15, -0.1) is 0 Å². The van der Waals surface area contributed by atoms with Gasteiger partial charge in [-0.1, -0.05) is 0 Å². The smallest absolute Gasteiger partial charge is 0.323 e. The van der Waals surface area contributed by atoms with Gasteiger partial charge < -0.3 is 9.73 Å². The van der Waals surface area contributed by atoms with E-state index in [9.17, 15) is 9.59 Å². The molecule has 76 valence electrons. The molecule has 1 heterocycles. The zero-order chi connectivity index (χ0) is 10.6. The Morgan fingerprint density at radius 2 is 2.21 bits per heavy atom. The van der Waals surface area contributed by atoms with Crippen molar-refractivity contribution in [1.82, 2.24) is 10.7 Å². The van der Waals surface area contributed by atoms with Crippen LogP contribution in [0.1, 0.15) is 18.7 Å². The van der Waals surface area contributed by atoms with E-state index in [1.807, 2.05) is 0 Å². The molecule has 1 unspecified atom stereocenters. The van der Waals surface area contributed by atoms with Gasteiger partial charge in [0.15, 0.2) is 0 Å². The zero-order valence-electron chi connectivity index (χ0n) is 7.61. The molecule has 1 rings (SSSR count). The molecule has 2 amide bonds. The number of carbonyl (C=O) groups is 2. The van der Waals surface area contributed by atoms with E-state index in [1.54, 1.807) is 24.5 Å². The highest BCUT2D eigenvalue weighted by Crippen LogP contribution is 2.11. The molecule has 1 aromatic heterocycles. The van der Waals surface area contributed by atoms with Crippen LogP contribution >= 0.6 is 0 Å². The summed E-state index contributed by atoms with van der Waals surface area (Å²) in [6, 6.07) is 3.03. The maximum Gasteiger partial charge on any atom is 0.323 e. The largest absolute Gasteiger partial charge is 0.467 e. The van der Waals surface area contributed by atoms with E-state index in [0.717, 1.165) is 0 Å².